The van der Waals surface area contributed by atoms with Gasteiger partial charge in [0.1, 0.15) is 37.5 Å². The van der Waals surface area contributed by atoms with Gasteiger partial charge in [0.2, 0.25) is 0 Å². The number of rotatable bonds is 9. The fraction of sp³-hybridized carbons (Fsp3) is 0.581. The molecule has 0 aliphatic heterocycles. The highest BCUT2D eigenvalue weighted by molar-refractivity contribution is 9.10. The SMILES string of the molecule is CC(C)(C)OC(=O)CCCC(=O)OC(C)(C)C.CC(C)(C)OC(=O)CCCOc1ccc(Br)nc1.Oc1ccc(Br)nc1. The highest BCUT2D eigenvalue weighted by Gasteiger charge is 2.19. The standard InChI is InChI=1S/C13H18BrNO3.C13H24O4.C5H4BrNO/c1-13(2,3)18-12(16)5-4-8-17-10-6-7-11(14)15-9-10;1-12(2,3)16-10(14)8-7-9-11(15)17-13(4,5)6;6-5-2-1-4(8)3-7-5/h6-7,9H,4-5,8H2,1-3H3;7-9H2,1-6H3;1-3,8H. The molecule has 12 heteroatoms. The Morgan fingerprint density at radius 2 is 1.05 bits per heavy atom. The van der Waals surface area contributed by atoms with Crippen molar-refractivity contribution in [2.75, 3.05) is 6.61 Å². The normalized spacial score (nSPS) is 11.1. The first-order valence-corrected chi connectivity index (χ1v) is 15.4. The molecule has 0 atom stereocenters. The third-order valence-electron chi connectivity index (χ3n) is 4.23. The molecular formula is C31H46Br2N2O8. The van der Waals surface area contributed by atoms with Gasteiger partial charge in [0.05, 0.1) is 19.0 Å². The second-order valence-corrected chi connectivity index (χ2v) is 13.8. The number of carbonyl (C=O) groups excluding carboxylic acids is 3. The summed E-state index contributed by atoms with van der Waals surface area (Å²) in [6.45, 7) is 17.0. The molecule has 2 rings (SSSR count). The van der Waals surface area contributed by atoms with Crippen LogP contribution in [0.2, 0.25) is 0 Å². The molecule has 0 amide bonds. The average Bonchev–Trinajstić information content (AvgIpc) is 2.82. The van der Waals surface area contributed by atoms with Crippen LogP contribution in [0, 0.1) is 0 Å². The van der Waals surface area contributed by atoms with Crippen molar-refractivity contribution < 1.29 is 38.4 Å². The molecule has 242 valence electrons. The van der Waals surface area contributed by atoms with Gasteiger partial charge in [-0.2, -0.15) is 0 Å². The van der Waals surface area contributed by atoms with Gasteiger partial charge in [-0.15, -0.1) is 0 Å². The first kappa shape index (κ1) is 40.3. The number of nitrogens with zero attached hydrogens (tertiary/aromatic N) is 2. The number of hydrogen-bond donors (Lipinski definition) is 1. The van der Waals surface area contributed by atoms with Gasteiger partial charge in [-0.1, -0.05) is 0 Å². The molecule has 43 heavy (non-hydrogen) atoms. The molecule has 0 spiro atoms. The summed E-state index contributed by atoms with van der Waals surface area (Å²) in [5.74, 6) is 0.137. The van der Waals surface area contributed by atoms with E-state index in [-0.39, 0.29) is 36.5 Å². The summed E-state index contributed by atoms with van der Waals surface area (Å²) in [5.41, 5.74) is -1.36. The molecule has 0 fully saturated rings. The van der Waals surface area contributed by atoms with Crippen molar-refractivity contribution in [2.24, 2.45) is 0 Å². The van der Waals surface area contributed by atoms with E-state index in [1.54, 1.807) is 18.3 Å². The van der Waals surface area contributed by atoms with Crippen molar-refractivity contribution >= 4 is 49.8 Å². The fourth-order valence-electron chi connectivity index (χ4n) is 2.78. The van der Waals surface area contributed by atoms with Crippen LogP contribution in [0.1, 0.15) is 94.4 Å². The summed E-state index contributed by atoms with van der Waals surface area (Å²) in [5, 5.41) is 8.67. The maximum atomic E-state index is 11.4. The zero-order valence-electron chi connectivity index (χ0n) is 26.7. The van der Waals surface area contributed by atoms with Crippen LogP contribution in [-0.2, 0) is 28.6 Å². The Labute approximate surface area is 272 Å². The number of aromatic nitrogens is 2. The van der Waals surface area contributed by atoms with E-state index in [1.165, 1.54) is 6.20 Å². The second-order valence-electron chi connectivity index (χ2n) is 12.2. The molecule has 0 saturated carbocycles. The third kappa shape index (κ3) is 26.6. The van der Waals surface area contributed by atoms with Crippen LogP contribution in [0.4, 0.5) is 0 Å². The minimum absolute atomic E-state index is 0.188. The van der Waals surface area contributed by atoms with Crippen LogP contribution in [0.25, 0.3) is 0 Å². The van der Waals surface area contributed by atoms with Crippen LogP contribution >= 0.6 is 31.9 Å². The Morgan fingerprint density at radius 3 is 1.37 bits per heavy atom. The van der Waals surface area contributed by atoms with Crippen LogP contribution in [-0.4, -0.2) is 56.4 Å². The molecule has 2 aromatic heterocycles. The van der Waals surface area contributed by atoms with Crippen molar-refractivity contribution in [3.63, 3.8) is 0 Å². The van der Waals surface area contributed by atoms with E-state index in [2.05, 4.69) is 41.8 Å². The summed E-state index contributed by atoms with van der Waals surface area (Å²) < 4.78 is 22.4. The van der Waals surface area contributed by atoms with Gasteiger partial charge < -0.3 is 24.1 Å². The molecule has 0 unspecified atom stereocenters. The lowest BCUT2D eigenvalue weighted by molar-refractivity contribution is -0.157. The van der Waals surface area contributed by atoms with Gasteiger partial charge in [0.25, 0.3) is 0 Å². The Morgan fingerprint density at radius 1 is 0.651 bits per heavy atom. The van der Waals surface area contributed by atoms with Gasteiger partial charge >= 0.3 is 17.9 Å². The molecule has 1 N–H and O–H groups in total. The number of hydrogen-bond acceptors (Lipinski definition) is 10. The van der Waals surface area contributed by atoms with Crippen molar-refractivity contribution in [2.45, 2.75) is 111 Å². The molecule has 2 aromatic rings. The summed E-state index contributed by atoms with van der Waals surface area (Å²) >= 11 is 6.37. The van der Waals surface area contributed by atoms with E-state index in [1.807, 2.05) is 74.4 Å². The van der Waals surface area contributed by atoms with E-state index in [9.17, 15) is 14.4 Å². The number of pyridine rings is 2. The van der Waals surface area contributed by atoms with Crippen LogP contribution in [0.15, 0.2) is 45.9 Å². The first-order valence-electron chi connectivity index (χ1n) is 13.9. The monoisotopic (exact) mass is 732 g/mol. The molecule has 2 heterocycles. The molecule has 0 aromatic carbocycles. The predicted molar refractivity (Wildman–Crippen MR) is 172 cm³/mol. The summed E-state index contributed by atoms with van der Waals surface area (Å²) in [6.07, 6.45) is 4.96. The molecule has 10 nitrogen and oxygen atoms in total. The maximum Gasteiger partial charge on any atom is 0.306 e. The number of halogens is 2. The third-order valence-corrected chi connectivity index (χ3v) is 5.17. The van der Waals surface area contributed by atoms with Crippen LogP contribution in [0.3, 0.4) is 0 Å². The Balaban J connectivity index is 0.000000657. The topological polar surface area (TPSA) is 134 Å². The summed E-state index contributed by atoms with van der Waals surface area (Å²) in [4.78, 5) is 41.9. The Hall–Kier alpha value is -2.73. The van der Waals surface area contributed by atoms with E-state index < -0.39 is 16.8 Å². The lowest BCUT2D eigenvalue weighted by Gasteiger charge is -2.20. The molecule has 0 radical (unpaired) electrons. The Kier molecular flexibility index (Phi) is 18.3. The lowest BCUT2D eigenvalue weighted by atomic mass is 10.1. The molecule has 0 bridgehead atoms. The van der Waals surface area contributed by atoms with Gasteiger partial charge in [0, 0.05) is 19.3 Å². The summed E-state index contributed by atoms with van der Waals surface area (Å²) in [7, 11) is 0. The molecule has 0 aliphatic rings. The van der Waals surface area contributed by atoms with Crippen LogP contribution in [0.5, 0.6) is 11.5 Å². The lowest BCUT2D eigenvalue weighted by Crippen LogP contribution is -2.25. The number of esters is 3. The van der Waals surface area contributed by atoms with E-state index >= 15 is 0 Å². The zero-order valence-corrected chi connectivity index (χ0v) is 29.8. The number of ether oxygens (including phenoxy) is 4. The average molecular weight is 735 g/mol. The smallest absolute Gasteiger partial charge is 0.306 e. The van der Waals surface area contributed by atoms with E-state index in [0.29, 0.717) is 31.6 Å². The highest BCUT2D eigenvalue weighted by atomic mass is 79.9. The van der Waals surface area contributed by atoms with Crippen molar-refractivity contribution in [3.8, 4) is 11.5 Å². The second kappa shape index (κ2) is 19.5. The predicted octanol–water partition coefficient (Wildman–Crippen LogP) is 7.73. The first-order chi connectivity index (χ1) is 19.6. The van der Waals surface area contributed by atoms with Crippen LogP contribution < -0.4 is 4.74 Å². The molecule has 0 aliphatic carbocycles. The Bertz CT molecular complexity index is 1060. The van der Waals surface area contributed by atoms with Crippen molar-refractivity contribution in [3.05, 3.63) is 45.9 Å². The van der Waals surface area contributed by atoms with Gasteiger partial charge in [0.15, 0.2) is 0 Å². The number of aromatic hydroxyl groups is 1. The van der Waals surface area contributed by atoms with Gasteiger partial charge in [-0.3, -0.25) is 14.4 Å². The number of carbonyl (C=O) groups is 3. The maximum absolute atomic E-state index is 11.4. The fourth-order valence-corrected chi connectivity index (χ4v) is 3.25. The van der Waals surface area contributed by atoms with E-state index in [0.717, 1.165) is 9.21 Å². The van der Waals surface area contributed by atoms with E-state index in [4.69, 9.17) is 24.1 Å². The van der Waals surface area contributed by atoms with Crippen molar-refractivity contribution in [1.82, 2.24) is 9.97 Å². The minimum atomic E-state index is -0.469. The largest absolute Gasteiger partial charge is 0.506 e. The van der Waals surface area contributed by atoms with Crippen molar-refractivity contribution in [1.29, 1.82) is 0 Å². The minimum Gasteiger partial charge on any atom is -0.506 e. The molecular weight excluding hydrogens is 688 g/mol. The van der Waals surface area contributed by atoms with Gasteiger partial charge in [-0.05, 0) is 131 Å². The summed E-state index contributed by atoms with van der Waals surface area (Å²) in [6, 6.07) is 6.88. The highest BCUT2D eigenvalue weighted by Crippen LogP contribution is 2.15. The van der Waals surface area contributed by atoms with Gasteiger partial charge in [-0.25, -0.2) is 9.97 Å². The zero-order chi connectivity index (χ0) is 33.3. The molecule has 0 saturated heterocycles. The quantitative estimate of drug-likeness (QED) is 0.118.